The molecule has 2 amide bonds. The van der Waals surface area contributed by atoms with Crippen LogP contribution in [0.1, 0.15) is 5.56 Å². The van der Waals surface area contributed by atoms with E-state index < -0.39 is 11.8 Å². The van der Waals surface area contributed by atoms with Crippen molar-refractivity contribution < 1.29 is 14.4 Å². The highest BCUT2D eigenvalue weighted by Gasteiger charge is 1.99. The summed E-state index contributed by atoms with van der Waals surface area (Å²) in [6, 6.07) is 4.92. The number of benzene rings is 1. The topological polar surface area (TPSA) is 81.4 Å². The first kappa shape index (κ1) is 14.5. The number of carbonyl (C=O) groups is 2. The summed E-state index contributed by atoms with van der Waals surface area (Å²) in [6.45, 7) is -0.383. The summed E-state index contributed by atoms with van der Waals surface area (Å²) in [5, 5.41) is 0.826. The molecule has 5 nitrogen and oxygen atoms in total. The van der Waals surface area contributed by atoms with Gasteiger partial charge in [0.25, 0.3) is 5.91 Å². The molecule has 0 radical (unpaired) electrons. The van der Waals surface area contributed by atoms with Crippen LogP contribution in [0.2, 0.25) is 10.0 Å². The lowest BCUT2D eigenvalue weighted by molar-refractivity contribution is -0.134. The van der Waals surface area contributed by atoms with Crippen molar-refractivity contribution >= 4 is 41.1 Å². The third kappa shape index (κ3) is 5.18. The summed E-state index contributed by atoms with van der Waals surface area (Å²) < 4.78 is 0. The minimum absolute atomic E-state index is 0.383. The Kier molecular flexibility index (Phi) is 5.64. The van der Waals surface area contributed by atoms with Gasteiger partial charge in [0.1, 0.15) is 0 Å². The summed E-state index contributed by atoms with van der Waals surface area (Å²) in [6.07, 6.45) is 2.74. The number of amides is 2. The molecular formula is C11H10Cl2N2O3. The van der Waals surface area contributed by atoms with Gasteiger partial charge in [-0.3, -0.25) is 14.4 Å². The van der Waals surface area contributed by atoms with Gasteiger partial charge in [0.05, 0.1) is 10.0 Å². The molecule has 0 unspecified atom stereocenters. The molecule has 3 N–H and O–H groups in total. The fraction of sp³-hybridized carbons (Fsp3) is 0.0909. The normalized spacial score (nSPS) is 10.6. The molecule has 7 heteroatoms. The molecule has 0 aromatic heterocycles. The first-order chi connectivity index (χ1) is 8.49. The molecule has 0 aliphatic rings. The van der Waals surface area contributed by atoms with Crippen molar-refractivity contribution in [3.8, 4) is 0 Å². The van der Waals surface area contributed by atoms with Crippen LogP contribution in [0.4, 0.5) is 0 Å². The van der Waals surface area contributed by atoms with E-state index in [2.05, 4.69) is 4.84 Å². The van der Waals surface area contributed by atoms with Crippen LogP contribution in [0.3, 0.4) is 0 Å². The van der Waals surface area contributed by atoms with E-state index >= 15 is 0 Å². The molecule has 0 saturated carbocycles. The Labute approximate surface area is 113 Å². The second kappa shape index (κ2) is 7.00. The smallest absolute Gasteiger partial charge is 0.267 e. The highest BCUT2D eigenvalue weighted by molar-refractivity contribution is 6.42. The Morgan fingerprint density at radius 1 is 1.33 bits per heavy atom. The van der Waals surface area contributed by atoms with Crippen molar-refractivity contribution in [3.63, 3.8) is 0 Å². The largest absolute Gasteiger partial charge is 0.368 e. The molecule has 0 bridgehead atoms. The number of nitrogens with one attached hydrogen (secondary N) is 1. The minimum atomic E-state index is -0.677. The van der Waals surface area contributed by atoms with E-state index in [4.69, 9.17) is 28.9 Å². The van der Waals surface area contributed by atoms with Gasteiger partial charge in [-0.05, 0) is 23.8 Å². The monoisotopic (exact) mass is 288 g/mol. The van der Waals surface area contributed by atoms with Crippen LogP contribution in [-0.2, 0) is 14.4 Å². The number of primary amides is 1. The molecule has 0 heterocycles. The van der Waals surface area contributed by atoms with Crippen LogP contribution in [0, 0.1) is 0 Å². The van der Waals surface area contributed by atoms with Gasteiger partial charge < -0.3 is 5.73 Å². The zero-order chi connectivity index (χ0) is 13.5. The van der Waals surface area contributed by atoms with Gasteiger partial charge in [-0.25, -0.2) is 5.48 Å². The average Bonchev–Trinajstić information content (AvgIpc) is 2.30. The maximum atomic E-state index is 11.2. The van der Waals surface area contributed by atoms with Crippen molar-refractivity contribution in [3.05, 3.63) is 39.9 Å². The van der Waals surface area contributed by atoms with E-state index in [-0.39, 0.29) is 6.61 Å². The zero-order valence-electron chi connectivity index (χ0n) is 9.15. The van der Waals surface area contributed by atoms with Crippen molar-refractivity contribution in [1.29, 1.82) is 0 Å². The lowest BCUT2D eigenvalue weighted by Gasteiger charge is -2.00. The average molecular weight is 289 g/mol. The van der Waals surface area contributed by atoms with Crippen LogP contribution in [0.25, 0.3) is 6.08 Å². The second-order valence-corrected chi connectivity index (χ2v) is 4.04. The molecule has 1 aromatic carbocycles. The Morgan fingerprint density at radius 3 is 2.67 bits per heavy atom. The van der Waals surface area contributed by atoms with Gasteiger partial charge in [-0.2, -0.15) is 0 Å². The number of rotatable bonds is 5. The Hall–Kier alpha value is -1.56. The number of carbonyl (C=O) groups excluding carboxylic acids is 2. The SMILES string of the molecule is NC(=O)CONC(=O)/C=C/c1ccc(Cl)c(Cl)c1. The summed E-state index contributed by atoms with van der Waals surface area (Å²) in [5.41, 5.74) is 7.54. The van der Waals surface area contributed by atoms with Crippen LogP contribution in [0.5, 0.6) is 0 Å². The standard InChI is InChI=1S/C11H10Cl2N2O3/c12-8-3-1-7(5-9(8)13)2-4-11(17)15-18-6-10(14)16/h1-5H,6H2,(H2,14,16)(H,15,17)/b4-2+. The van der Waals surface area contributed by atoms with Gasteiger partial charge in [-0.15, -0.1) is 0 Å². The molecule has 0 spiro atoms. The van der Waals surface area contributed by atoms with E-state index in [0.29, 0.717) is 15.6 Å². The van der Waals surface area contributed by atoms with Gasteiger partial charge in [0, 0.05) is 6.08 Å². The van der Waals surface area contributed by atoms with E-state index in [1.165, 1.54) is 12.2 Å². The molecule has 0 saturated heterocycles. The van der Waals surface area contributed by atoms with E-state index in [1.807, 2.05) is 5.48 Å². The van der Waals surface area contributed by atoms with E-state index in [0.717, 1.165) is 0 Å². The Balaban J connectivity index is 2.50. The number of halogens is 2. The molecule has 0 aliphatic carbocycles. The second-order valence-electron chi connectivity index (χ2n) is 3.23. The Morgan fingerprint density at radius 2 is 2.06 bits per heavy atom. The number of nitrogens with two attached hydrogens (primary N) is 1. The van der Waals surface area contributed by atoms with Gasteiger partial charge in [0.2, 0.25) is 5.91 Å². The first-order valence-electron chi connectivity index (χ1n) is 4.82. The van der Waals surface area contributed by atoms with Crippen molar-refractivity contribution in [2.75, 3.05) is 6.61 Å². The summed E-state index contributed by atoms with van der Waals surface area (Å²) in [4.78, 5) is 26.1. The summed E-state index contributed by atoms with van der Waals surface area (Å²) in [7, 11) is 0. The van der Waals surface area contributed by atoms with Gasteiger partial charge in [0.15, 0.2) is 6.61 Å². The zero-order valence-corrected chi connectivity index (χ0v) is 10.7. The predicted octanol–water partition coefficient (Wildman–Crippen LogP) is 1.54. The van der Waals surface area contributed by atoms with E-state index in [9.17, 15) is 9.59 Å². The third-order valence-electron chi connectivity index (χ3n) is 1.76. The van der Waals surface area contributed by atoms with Crippen LogP contribution in [-0.4, -0.2) is 18.4 Å². The third-order valence-corrected chi connectivity index (χ3v) is 2.50. The highest BCUT2D eigenvalue weighted by Crippen LogP contribution is 2.22. The van der Waals surface area contributed by atoms with Crippen molar-refractivity contribution in [1.82, 2.24) is 5.48 Å². The molecule has 1 rings (SSSR count). The predicted molar refractivity (Wildman–Crippen MR) is 68.8 cm³/mol. The lowest BCUT2D eigenvalue weighted by Crippen LogP contribution is -2.28. The lowest BCUT2D eigenvalue weighted by atomic mass is 10.2. The Bertz CT molecular complexity index is 489. The molecular weight excluding hydrogens is 279 g/mol. The maximum absolute atomic E-state index is 11.2. The number of hydrogen-bond donors (Lipinski definition) is 2. The molecule has 1 aromatic rings. The summed E-state index contributed by atoms with van der Waals surface area (Å²) >= 11 is 11.5. The van der Waals surface area contributed by atoms with Crippen LogP contribution < -0.4 is 11.2 Å². The molecule has 0 fully saturated rings. The molecule has 18 heavy (non-hydrogen) atoms. The summed E-state index contributed by atoms with van der Waals surface area (Å²) in [5.74, 6) is -1.20. The fourth-order valence-corrected chi connectivity index (χ4v) is 1.31. The highest BCUT2D eigenvalue weighted by atomic mass is 35.5. The van der Waals surface area contributed by atoms with Gasteiger partial charge in [-0.1, -0.05) is 29.3 Å². The molecule has 0 atom stereocenters. The van der Waals surface area contributed by atoms with E-state index in [1.54, 1.807) is 18.2 Å². The van der Waals surface area contributed by atoms with Crippen molar-refractivity contribution in [2.24, 2.45) is 5.73 Å². The van der Waals surface area contributed by atoms with Crippen LogP contribution >= 0.6 is 23.2 Å². The fourth-order valence-electron chi connectivity index (χ4n) is 1.00. The molecule has 0 aliphatic heterocycles. The minimum Gasteiger partial charge on any atom is -0.368 e. The number of hydroxylamine groups is 1. The van der Waals surface area contributed by atoms with Crippen molar-refractivity contribution in [2.45, 2.75) is 0 Å². The first-order valence-corrected chi connectivity index (χ1v) is 5.58. The maximum Gasteiger partial charge on any atom is 0.267 e. The van der Waals surface area contributed by atoms with Gasteiger partial charge >= 0.3 is 0 Å². The van der Waals surface area contributed by atoms with Crippen LogP contribution in [0.15, 0.2) is 24.3 Å². The molecule has 96 valence electrons. The number of hydrogen-bond acceptors (Lipinski definition) is 3. The quantitative estimate of drug-likeness (QED) is 0.637.